The number of anilines is 1. The van der Waals surface area contributed by atoms with E-state index in [0.717, 1.165) is 21.9 Å². The molecule has 0 radical (unpaired) electrons. The van der Waals surface area contributed by atoms with Gasteiger partial charge in [0.1, 0.15) is 11.8 Å². The van der Waals surface area contributed by atoms with Gasteiger partial charge in [-0.25, -0.2) is 9.97 Å². The molecule has 0 spiro atoms. The topological polar surface area (TPSA) is 75.1 Å². The molecule has 1 amide bonds. The maximum atomic E-state index is 12.9. The van der Waals surface area contributed by atoms with Crippen LogP contribution >= 0.6 is 0 Å². The fourth-order valence-electron chi connectivity index (χ4n) is 3.94. The number of rotatable bonds is 6. The minimum atomic E-state index is -1.03. The zero-order valence-corrected chi connectivity index (χ0v) is 18.4. The van der Waals surface area contributed by atoms with Crippen LogP contribution in [0.4, 0.5) is 5.82 Å². The second kappa shape index (κ2) is 9.65. The van der Waals surface area contributed by atoms with Gasteiger partial charge in [0.05, 0.1) is 18.3 Å². The number of nitrogens with zero attached hydrogens (tertiary/aromatic N) is 2. The normalized spacial score (nSPS) is 11.8. The molecule has 34 heavy (non-hydrogen) atoms. The van der Waals surface area contributed by atoms with Gasteiger partial charge in [-0.3, -0.25) is 4.79 Å². The Labute approximate surface area is 197 Å². The molecule has 166 valence electrons. The zero-order valence-electron chi connectivity index (χ0n) is 18.4. The molecule has 0 aliphatic rings. The second-order valence-corrected chi connectivity index (χ2v) is 8.07. The second-order valence-electron chi connectivity index (χ2n) is 8.07. The average Bonchev–Trinajstić information content (AvgIpc) is 2.89. The zero-order chi connectivity index (χ0) is 23.3. The van der Waals surface area contributed by atoms with Crippen molar-refractivity contribution in [3.63, 3.8) is 0 Å². The number of nitrogens with one attached hydrogen (secondary N) is 1. The molecule has 1 unspecified atom stereocenters. The van der Waals surface area contributed by atoms with Crippen molar-refractivity contribution < 1.29 is 9.90 Å². The predicted octanol–water partition coefficient (Wildman–Crippen LogP) is 5.56. The van der Waals surface area contributed by atoms with Crippen LogP contribution in [0.5, 0.6) is 0 Å². The minimum Gasteiger partial charge on any atom is -0.382 e. The van der Waals surface area contributed by atoms with Crippen LogP contribution in [0.15, 0.2) is 109 Å². The van der Waals surface area contributed by atoms with Crippen LogP contribution in [0.3, 0.4) is 0 Å². The van der Waals surface area contributed by atoms with Gasteiger partial charge in [0.25, 0.3) is 0 Å². The Balaban J connectivity index is 1.45. The van der Waals surface area contributed by atoms with Crippen molar-refractivity contribution in [3.05, 3.63) is 126 Å². The lowest BCUT2D eigenvalue weighted by molar-refractivity contribution is -0.115. The molecule has 0 bridgehead atoms. The van der Waals surface area contributed by atoms with E-state index in [9.17, 15) is 9.90 Å². The lowest BCUT2D eigenvalue weighted by Crippen LogP contribution is -2.19. The van der Waals surface area contributed by atoms with Gasteiger partial charge in [0.15, 0.2) is 5.82 Å². The quantitative estimate of drug-likeness (QED) is 0.359. The van der Waals surface area contributed by atoms with Gasteiger partial charge in [-0.1, -0.05) is 103 Å². The third kappa shape index (κ3) is 4.70. The van der Waals surface area contributed by atoms with Gasteiger partial charge >= 0.3 is 0 Å². The molecular formula is C29H23N3O2. The summed E-state index contributed by atoms with van der Waals surface area (Å²) in [6.45, 7) is 0. The Morgan fingerprint density at radius 2 is 1.50 bits per heavy atom. The van der Waals surface area contributed by atoms with Crippen LogP contribution < -0.4 is 5.32 Å². The number of benzene rings is 4. The van der Waals surface area contributed by atoms with E-state index >= 15 is 0 Å². The summed E-state index contributed by atoms with van der Waals surface area (Å²) in [4.78, 5) is 22.1. The smallest absolute Gasteiger partial charge is 0.229 e. The largest absolute Gasteiger partial charge is 0.382 e. The van der Waals surface area contributed by atoms with Crippen LogP contribution in [0.25, 0.3) is 22.0 Å². The molecule has 5 aromatic rings. The Bertz CT molecular complexity index is 1440. The van der Waals surface area contributed by atoms with E-state index < -0.39 is 6.10 Å². The molecule has 4 aromatic carbocycles. The van der Waals surface area contributed by atoms with Gasteiger partial charge in [0, 0.05) is 5.56 Å². The van der Waals surface area contributed by atoms with Crippen molar-refractivity contribution >= 4 is 22.5 Å². The van der Waals surface area contributed by atoms with E-state index in [0.29, 0.717) is 17.0 Å². The number of carbonyl (C=O) groups is 1. The maximum Gasteiger partial charge on any atom is 0.229 e. The molecule has 1 heterocycles. The number of carbonyl (C=O) groups excluding carboxylic acids is 1. The van der Waals surface area contributed by atoms with Gasteiger partial charge in [-0.15, -0.1) is 0 Å². The highest BCUT2D eigenvalue weighted by atomic mass is 16.3. The summed E-state index contributed by atoms with van der Waals surface area (Å²) in [5.41, 5.74) is 3.38. The van der Waals surface area contributed by atoms with Crippen LogP contribution in [0.2, 0.25) is 0 Å². The molecule has 0 aliphatic carbocycles. The number of fused-ring (bicyclic) bond motifs is 1. The highest BCUT2D eigenvalue weighted by Crippen LogP contribution is 2.28. The van der Waals surface area contributed by atoms with Crippen molar-refractivity contribution in [1.82, 2.24) is 9.97 Å². The molecule has 0 saturated heterocycles. The molecule has 2 N–H and O–H groups in total. The molecule has 0 saturated carbocycles. The first-order valence-corrected chi connectivity index (χ1v) is 11.1. The summed E-state index contributed by atoms with van der Waals surface area (Å²) < 4.78 is 0. The van der Waals surface area contributed by atoms with Crippen LogP contribution in [-0.2, 0) is 11.2 Å². The SMILES string of the molecule is O=C(Cc1ccc2ccccc2c1)Nc1ncc(-c2ccccc2)nc1C(O)c1ccccc1. The predicted molar refractivity (Wildman–Crippen MR) is 134 cm³/mol. The first-order valence-electron chi connectivity index (χ1n) is 11.1. The molecule has 5 nitrogen and oxygen atoms in total. The number of aliphatic hydroxyl groups is 1. The molecule has 0 aliphatic heterocycles. The Morgan fingerprint density at radius 1 is 0.824 bits per heavy atom. The fourth-order valence-corrected chi connectivity index (χ4v) is 3.94. The lowest BCUT2D eigenvalue weighted by Gasteiger charge is -2.16. The summed E-state index contributed by atoms with van der Waals surface area (Å²) in [6, 6.07) is 32.9. The lowest BCUT2D eigenvalue weighted by atomic mass is 10.0. The summed E-state index contributed by atoms with van der Waals surface area (Å²) >= 11 is 0. The van der Waals surface area contributed by atoms with Gasteiger partial charge in [0.2, 0.25) is 5.91 Å². The summed E-state index contributed by atoms with van der Waals surface area (Å²) in [5, 5.41) is 16.2. The summed E-state index contributed by atoms with van der Waals surface area (Å²) in [6.07, 6.45) is 0.768. The molecule has 0 fully saturated rings. The van der Waals surface area contributed by atoms with E-state index in [1.54, 1.807) is 6.20 Å². The summed E-state index contributed by atoms with van der Waals surface area (Å²) in [5.74, 6) is 0.0281. The summed E-state index contributed by atoms with van der Waals surface area (Å²) in [7, 11) is 0. The van der Waals surface area contributed by atoms with Gasteiger partial charge in [-0.05, 0) is 21.9 Å². The maximum absolute atomic E-state index is 12.9. The molecular weight excluding hydrogens is 422 g/mol. The van der Waals surface area contributed by atoms with Gasteiger partial charge in [-0.2, -0.15) is 0 Å². The van der Waals surface area contributed by atoms with Gasteiger partial charge < -0.3 is 10.4 Å². The number of hydrogen-bond acceptors (Lipinski definition) is 4. The molecule has 1 atom stereocenters. The van der Waals surface area contributed by atoms with E-state index in [1.165, 1.54) is 0 Å². The Kier molecular flexibility index (Phi) is 6.10. The Hall–Kier alpha value is -4.35. The van der Waals surface area contributed by atoms with Crippen LogP contribution in [-0.4, -0.2) is 21.0 Å². The Morgan fingerprint density at radius 3 is 2.26 bits per heavy atom. The monoisotopic (exact) mass is 445 g/mol. The van der Waals surface area contributed by atoms with Crippen molar-refractivity contribution in [1.29, 1.82) is 0 Å². The number of aromatic nitrogens is 2. The molecule has 5 rings (SSSR count). The van der Waals surface area contributed by atoms with Crippen LogP contribution in [0.1, 0.15) is 22.9 Å². The first-order chi connectivity index (χ1) is 16.7. The fraction of sp³-hybridized carbons (Fsp3) is 0.0690. The standard InChI is InChI=1S/C29H23N3O2/c33-26(18-20-15-16-21-9-7-8-14-24(21)17-20)32-29-27(28(34)23-12-5-2-6-13-23)31-25(19-30-29)22-10-3-1-4-11-22/h1-17,19,28,34H,18H2,(H,30,32,33). The van der Waals surface area contributed by atoms with Crippen molar-refractivity contribution in [3.8, 4) is 11.3 Å². The first kappa shape index (κ1) is 21.5. The molecule has 5 heteroatoms. The highest BCUT2D eigenvalue weighted by molar-refractivity contribution is 5.93. The minimum absolute atomic E-state index is 0.188. The number of aliphatic hydroxyl groups excluding tert-OH is 1. The van der Waals surface area contributed by atoms with E-state index in [2.05, 4.69) is 10.3 Å². The van der Waals surface area contributed by atoms with Crippen molar-refractivity contribution in [2.24, 2.45) is 0 Å². The number of hydrogen-bond donors (Lipinski definition) is 2. The average molecular weight is 446 g/mol. The third-order valence-electron chi connectivity index (χ3n) is 5.68. The third-order valence-corrected chi connectivity index (χ3v) is 5.68. The van der Waals surface area contributed by atoms with E-state index in [-0.39, 0.29) is 18.1 Å². The highest BCUT2D eigenvalue weighted by Gasteiger charge is 2.20. The van der Waals surface area contributed by atoms with Crippen LogP contribution in [0, 0.1) is 0 Å². The van der Waals surface area contributed by atoms with Crippen molar-refractivity contribution in [2.75, 3.05) is 5.32 Å². The van der Waals surface area contributed by atoms with E-state index in [1.807, 2.05) is 103 Å². The molecule has 1 aromatic heterocycles. The van der Waals surface area contributed by atoms with E-state index in [4.69, 9.17) is 4.98 Å². The van der Waals surface area contributed by atoms with Crippen molar-refractivity contribution in [2.45, 2.75) is 12.5 Å². The number of amides is 1.